The smallest absolute Gasteiger partial charge is 0.462 e. The number of phosphoric ester groups is 2. The summed E-state index contributed by atoms with van der Waals surface area (Å²) in [5, 5.41) is 10.6. The zero-order valence-electron chi connectivity index (χ0n) is 64.4. The van der Waals surface area contributed by atoms with Gasteiger partial charge in [0, 0.05) is 25.7 Å². The van der Waals surface area contributed by atoms with Crippen LogP contribution in [-0.4, -0.2) is 96.7 Å². The molecule has 5 unspecified atom stereocenters. The average molecular weight is 1440 g/mol. The lowest BCUT2D eigenvalue weighted by Gasteiger charge is -2.21. The number of unbranched alkanes of at least 4 members (excludes halogenated alkanes) is 40. The van der Waals surface area contributed by atoms with Crippen molar-refractivity contribution in [2.24, 2.45) is 23.7 Å². The lowest BCUT2D eigenvalue weighted by molar-refractivity contribution is -0.161. The molecule has 0 radical (unpaired) electrons. The summed E-state index contributed by atoms with van der Waals surface area (Å²) >= 11 is 0. The van der Waals surface area contributed by atoms with Crippen molar-refractivity contribution in [2.45, 2.75) is 420 Å². The van der Waals surface area contributed by atoms with E-state index >= 15 is 0 Å². The minimum atomic E-state index is -4.96. The summed E-state index contributed by atoms with van der Waals surface area (Å²) in [5.74, 6) is 0.997. The van der Waals surface area contributed by atoms with Crippen LogP contribution in [0, 0.1) is 23.7 Å². The predicted molar refractivity (Wildman–Crippen MR) is 400 cm³/mol. The summed E-state index contributed by atoms with van der Waals surface area (Å²) in [6.07, 6.45) is 54.2. The molecule has 0 fully saturated rings. The SMILES string of the molecule is CCC(C)CCCCCCCCCCCCCCCCCCCCC(=O)O[C@H](COC(=O)CCCCCCCCCCCCCC(C)C)COP(=O)(O)OCC(O)COP(=O)(O)OC[C@@H](COC(=O)CCCCCCCCCC(C)C)OC(=O)CCCCCCCCCCC(C)CC. The molecule has 0 aromatic rings. The number of aliphatic hydroxyl groups is 1. The Balaban J connectivity index is 5.21. The summed E-state index contributed by atoms with van der Waals surface area (Å²) in [4.78, 5) is 72.9. The molecule has 0 amide bonds. The van der Waals surface area contributed by atoms with Crippen molar-refractivity contribution in [3.63, 3.8) is 0 Å². The number of hydrogen-bond acceptors (Lipinski definition) is 15. The molecule has 0 spiro atoms. The first kappa shape index (κ1) is 96.1. The van der Waals surface area contributed by atoms with Crippen molar-refractivity contribution in [1.82, 2.24) is 0 Å². The number of esters is 4. The van der Waals surface area contributed by atoms with Gasteiger partial charge in [-0.3, -0.25) is 37.3 Å². The molecule has 0 saturated carbocycles. The number of aliphatic hydroxyl groups excluding tert-OH is 1. The number of carbonyl (C=O) groups excluding carboxylic acids is 4. The average Bonchev–Trinajstić information content (AvgIpc) is 1.14. The molecule has 0 rings (SSSR count). The number of hydrogen-bond donors (Lipinski definition) is 3. The first-order valence-corrected chi connectivity index (χ1v) is 43.8. The van der Waals surface area contributed by atoms with Crippen molar-refractivity contribution < 1.29 is 80.2 Å². The highest BCUT2D eigenvalue weighted by molar-refractivity contribution is 7.47. The zero-order chi connectivity index (χ0) is 72.4. The Bertz CT molecular complexity index is 1920. The van der Waals surface area contributed by atoms with E-state index in [1.807, 2.05) is 0 Å². The second-order valence-electron chi connectivity index (χ2n) is 29.9. The number of rotatable bonds is 76. The Labute approximate surface area is 600 Å². The van der Waals surface area contributed by atoms with Crippen LogP contribution in [0.15, 0.2) is 0 Å². The molecule has 0 heterocycles. The minimum absolute atomic E-state index is 0.104. The van der Waals surface area contributed by atoms with Crippen molar-refractivity contribution in [3.8, 4) is 0 Å². The highest BCUT2D eigenvalue weighted by atomic mass is 31.2. The third-order valence-electron chi connectivity index (χ3n) is 19.0. The monoisotopic (exact) mass is 1440 g/mol. The maximum Gasteiger partial charge on any atom is 0.472 e. The normalized spacial score (nSPS) is 14.6. The molecule has 0 aliphatic carbocycles. The van der Waals surface area contributed by atoms with Crippen molar-refractivity contribution in [1.29, 1.82) is 0 Å². The Morgan fingerprint density at radius 2 is 0.490 bits per heavy atom. The lowest BCUT2D eigenvalue weighted by Crippen LogP contribution is -2.30. The Morgan fingerprint density at radius 3 is 0.724 bits per heavy atom. The van der Waals surface area contributed by atoms with E-state index in [0.717, 1.165) is 114 Å². The van der Waals surface area contributed by atoms with Gasteiger partial charge in [0.1, 0.15) is 19.3 Å². The fraction of sp³-hybridized carbons (Fsp3) is 0.949. The molecule has 0 aromatic heterocycles. The molecule has 3 N–H and O–H groups in total. The van der Waals surface area contributed by atoms with Crippen LogP contribution in [0.1, 0.15) is 402 Å². The van der Waals surface area contributed by atoms with Gasteiger partial charge >= 0.3 is 39.5 Å². The van der Waals surface area contributed by atoms with E-state index in [4.69, 9.17) is 37.0 Å². The van der Waals surface area contributed by atoms with Crippen LogP contribution >= 0.6 is 15.6 Å². The molecule has 0 aromatic carbocycles. The zero-order valence-corrected chi connectivity index (χ0v) is 66.2. The van der Waals surface area contributed by atoms with Gasteiger partial charge in [0.05, 0.1) is 26.4 Å². The summed E-state index contributed by atoms with van der Waals surface area (Å²) in [7, 11) is -9.92. The van der Waals surface area contributed by atoms with Gasteiger partial charge in [-0.15, -0.1) is 0 Å². The molecule has 0 bridgehead atoms. The molecular formula is C79H154O17P2. The van der Waals surface area contributed by atoms with E-state index in [9.17, 15) is 43.2 Å². The molecule has 0 aliphatic heterocycles. The Hall–Kier alpha value is -1.94. The molecule has 582 valence electrons. The molecule has 19 heteroatoms. The van der Waals surface area contributed by atoms with Gasteiger partial charge in [-0.05, 0) is 49.4 Å². The highest BCUT2D eigenvalue weighted by Gasteiger charge is 2.30. The van der Waals surface area contributed by atoms with Gasteiger partial charge < -0.3 is 33.8 Å². The van der Waals surface area contributed by atoms with Gasteiger partial charge in [0.15, 0.2) is 12.2 Å². The fourth-order valence-electron chi connectivity index (χ4n) is 12.0. The van der Waals surface area contributed by atoms with Gasteiger partial charge in [0.25, 0.3) is 0 Å². The van der Waals surface area contributed by atoms with Crippen molar-refractivity contribution in [2.75, 3.05) is 39.6 Å². The summed E-state index contributed by atoms with van der Waals surface area (Å²) in [6.45, 7) is 14.2. The standard InChI is InChI=1S/C79H154O17P2/c1-9-71(7)57-49-41-33-25-21-17-15-13-11-12-14-16-18-22-27-36-45-53-61-78(83)95-74(65-89-76(81)59-51-43-35-26-23-19-20-24-31-39-47-55-69(3)4)67-93-97(85,86)91-63-73(80)64-92-98(87,88)94-68-75(66-90-77(82)60-52-44-38-30-32-40-48-56-70(5)6)96-79(84)62-54-46-37-29-28-34-42-50-58-72(8)10-2/h69-75,80H,9-68H2,1-8H3,(H,85,86)(H,87,88)/t71?,72?,73?,74-,75-/m1/s1. The second-order valence-corrected chi connectivity index (χ2v) is 32.8. The van der Waals surface area contributed by atoms with Crippen LogP contribution < -0.4 is 0 Å². The van der Waals surface area contributed by atoms with Crippen molar-refractivity contribution in [3.05, 3.63) is 0 Å². The third-order valence-corrected chi connectivity index (χ3v) is 20.9. The largest absolute Gasteiger partial charge is 0.472 e. The minimum Gasteiger partial charge on any atom is -0.462 e. The van der Waals surface area contributed by atoms with Crippen LogP contribution in [-0.2, 0) is 65.4 Å². The lowest BCUT2D eigenvalue weighted by atomic mass is 9.99. The Kier molecular flexibility index (Phi) is 66.8. The van der Waals surface area contributed by atoms with E-state index in [1.54, 1.807) is 0 Å². The van der Waals surface area contributed by atoms with E-state index in [2.05, 4.69) is 55.4 Å². The second kappa shape index (κ2) is 68.2. The van der Waals surface area contributed by atoms with E-state index in [1.165, 1.54) is 199 Å². The first-order chi connectivity index (χ1) is 47.2. The number of carbonyl (C=O) groups is 4. The maximum absolute atomic E-state index is 13.1. The van der Waals surface area contributed by atoms with Gasteiger partial charge in [-0.1, -0.05) is 351 Å². The summed E-state index contributed by atoms with van der Waals surface area (Å²) in [6, 6.07) is 0. The fourth-order valence-corrected chi connectivity index (χ4v) is 13.6. The molecule has 0 aliphatic rings. The first-order valence-electron chi connectivity index (χ1n) is 40.8. The summed E-state index contributed by atoms with van der Waals surface area (Å²) in [5.41, 5.74) is 0. The molecular weight excluding hydrogens is 1280 g/mol. The molecule has 0 saturated heterocycles. The number of ether oxygens (including phenoxy) is 4. The molecule has 7 atom stereocenters. The summed E-state index contributed by atoms with van der Waals surface area (Å²) < 4.78 is 68.6. The van der Waals surface area contributed by atoms with Crippen LogP contribution in [0.5, 0.6) is 0 Å². The van der Waals surface area contributed by atoms with E-state index in [0.29, 0.717) is 31.6 Å². The molecule has 98 heavy (non-hydrogen) atoms. The third kappa shape index (κ3) is 69.8. The van der Waals surface area contributed by atoms with Crippen LogP contribution in [0.3, 0.4) is 0 Å². The van der Waals surface area contributed by atoms with Crippen LogP contribution in [0.2, 0.25) is 0 Å². The predicted octanol–water partition coefficient (Wildman–Crippen LogP) is 23.2. The van der Waals surface area contributed by atoms with E-state index in [-0.39, 0.29) is 25.7 Å². The van der Waals surface area contributed by atoms with Gasteiger partial charge in [-0.2, -0.15) is 0 Å². The molecule has 17 nitrogen and oxygen atoms in total. The quantitative estimate of drug-likeness (QED) is 0.0222. The topological polar surface area (TPSA) is 237 Å². The van der Waals surface area contributed by atoms with Gasteiger partial charge in [-0.25, -0.2) is 9.13 Å². The highest BCUT2D eigenvalue weighted by Crippen LogP contribution is 2.45. The van der Waals surface area contributed by atoms with Crippen LogP contribution in [0.4, 0.5) is 0 Å². The Morgan fingerprint density at radius 1 is 0.286 bits per heavy atom. The van der Waals surface area contributed by atoms with Crippen molar-refractivity contribution >= 4 is 39.5 Å². The van der Waals surface area contributed by atoms with Gasteiger partial charge in [0.2, 0.25) is 0 Å². The maximum atomic E-state index is 13.1. The van der Waals surface area contributed by atoms with E-state index < -0.39 is 97.5 Å². The van der Waals surface area contributed by atoms with Crippen LogP contribution in [0.25, 0.3) is 0 Å². The number of phosphoric acid groups is 2.